The molecule has 2 saturated carbocycles. The van der Waals surface area contributed by atoms with Crippen molar-refractivity contribution in [3.05, 3.63) is 0 Å². The Kier molecular flexibility index (Phi) is 5.09. The molecule has 0 amide bonds. The molecule has 0 aromatic rings. The third kappa shape index (κ3) is 3.46. The monoisotopic (exact) mass is 324 g/mol. The molecule has 3 fully saturated rings. The lowest BCUT2D eigenvalue weighted by atomic mass is 9.70. The average Bonchev–Trinajstić information content (AvgIpc) is 2.98. The summed E-state index contributed by atoms with van der Waals surface area (Å²) >= 11 is 0. The van der Waals surface area contributed by atoms with E-state index in [1.807, 2.05) is 0 Å². The van der Waals surface area contributed by atoms with E-state index in [4.69, 9.17) is 4.74 Å². The van der Waals surface area contributed by atoms with Gasteiger partial charge in [0.05, 0.1) is 18.8 Å². The first-order valence-electron chi connectivity index (χ1n) is 9.59. The van der Waals surface area contributed by atoms with Crippen LogP contribution in [0.2, 0.25) is 0 Å². The maximum atomic E-state index is 10.4. The number of β-amino-alcohol motifs (C(OH)–C–C–N with tert-alkyl or cyclic N) is 1. The molecule has 23 heavy (non-hydrogen) atoms. The van der Waals surface area contributed by atoms with Crippen molar-refractivity contribution in [2.24, 2.45) is 16.7 Å². The zero-order chi connectivity index (χ0) is 16.7. The first-order chi connectivity index (χ1) is 10.8. The van der Waals surface area contributed by atoms with Gasteiger partial charge in [-0.15, -0.1) is 0 Å². The van der Waals surface area contributed by atoms with E-state index in [0.29, 0.717) is 18.1 Å². The molecule has 0 aromatic heterocycles. The zero-order valence-electron chi connectivity index (χ0n) is 15.6. The summed E-state index contributed by atoms with van der Waals surface area (Å²) < 4.78 is 6.31. The maximum absolute atomic E-state index is 10.4. The molecular formula is C19H36N2O2. The Labute approximate surface area is 142 Å². The van der Waals surface area contributed by atoms with Gasteiger partial charge in [-0.05, 0) is 42.6 Å². The second-order valence-corrected chi connectivity index (χ2v) is 9.02. The number of hydrogen-bond donors (Lipinski definition) is 1. The van der Waals surface area contributed by atoms with Crippen LogP contribution in [0.4, 0.5) is 0 Å². The minimum absolute atomic E-state index is 0.263. The van der Waals surface area contributed by atoms with Crippen LogP contribution < -0.4 is 0 Å². The first kappa shape index (κ1) is 17.7. The molecule has 134 valence electrons. The molecule has 1 N–H and O–H groups in total. The molecular weight excluding hydrogens is 288 g/mol. The van der Waals surface area contributed by atoms with Crippen molar-refractivity contribution in [2.45, 2.75) is 59.2 Å². The van der Waals surface area contributed by atoms with E-state index in [9.17, 15) is 5.11 Å². The Bertz CT molecular complexity index is 401. The maximum Gasteiger partial charge on any atom is 0.0900 e. The lowest BCUT2D eigenvalue weighted by molar-refractivity contribution is -0.114. The Morgan fingerprint density at radius 3 is 2.35 bits per heavy atom. The molecule has 0 unspecified atom stereocenters. The number of piperazine rings is 1. The van der Waals surface area contributed by atoms with Crippen LogP contribution in [0.3, 0.4) is 0 Å². The number of aliphatic hydroxyl groups is 1. The van der Waals surface area contributed by atoms with Crippen molar-refractivity contribution >= 4 is 0 Å². The van der Waals surface area contributed by atoms with Crippen molar-refractivity contribution in [1.29, 1.82) is 0 Å². The fraction of sp³-hybridized carbons (Fsp3) is 1.00. The summed E-state index contributed by atoms with van der Waals surface area (Å²) in [6, 6.07) is 0. The van der Waals surface area contributed by atoms with Gasteiger partial charge in [0.2, 0.25) is 0 Å². The van der Waals surface area contributed by atoms with E-state index in [1.165, 1.54) is 19.3 Å². The smallest absolute Gasteiger partial charge is 0.0900 e. The van der Waals surface area contributed by atoms with Gasteiger partial charge in [-0.25, -0.2) is 0 Å². The fourth-order valence-electron chi connectivity index (χ4n) is 5.52. The summed E-state index contributed by atoms with van der Waals surface area (Å²) in [5.74, 6) is 0.803. The molecule has 1 saturated heterocycles. The van der Waals surface area contributed by atoms with Crippen LogP contribution in [0, 0.1) is 16.7 Å². The number of aliphatic hydroxyl groups excluding tert-OH is 1. The average molecular weight is 325 g/mol. The summed E-state index contributed by atoms with van der Waals surface area (Å²) in [6.45, 7) is 16.1. The zero-order valence-corrected chi connectivity index (χ0v) is 15.6. The van der Waals surface area contributed by atoms with Gasteiger partial charge in [-0.3, -0.25) is 4.90 Å². The molecule has 0 radical (unpaired) electrons. The van der Waals surface area contributed by atoms with Gasteiger partial charge in [0.15, 0.2) is 0 Å². The second kappa shape index (κ2) is 6.62. The Balaban J connectivity index is 1.45. The highest BCUT2D eigenvalue weighted by Crippen LogP contribution is 2.63. The highest BCUT2D eigenvalue weighted by molar-refractivity contribution is 5.09. The molecule has 4 heteroatoms. The van der Waals surface area contributed by atoms with Crippen LogP contribution in [0.15, 0.2) is 0 Å². The number of hydrogen-bond acceptors (Lipinski definition) is 4. The Morgan fingerprint density at radius 1 is 1.13 bits per heavy atom. The molecule has 2 aliphatic carbocycles. The molecule has 4 nitrogen and oxygen atoms in total. The summed E-state index contributed by atoms with van der Waals surface area (Å²) in [5.41, 5.74) is 0.597. The minimum atomic E-state index is -0.360. The molecule has 0 spiro atoms. The van der Waals surface area contributed by atoms with Gasteiger partial charge in [0.1, 0.15) is 0 Å². The predicted molar refractivity (Wildman–Crippen MR) is 93.5 cm³/mol. The van der Waals surface area contributed by atoms with E-state index in [-0.39, 0.29) is 11.5 Å². The SMILES string of the molecule is CCN1CCN(C[C@H](O)CO[C@H]2C(C)(C)[C@@H]3CC[C@]2(C)C3)CC1. The molecule has 1 aliphatic heterocycles. The van der Waals surface area contributed by atoms with Crippen molar-refractivity contribution in [2.75, 3.05) is 45.9 Å². The van der Waals surface area contributed by atoms with E-state index < -0.39 is 0 Å². The highest BCUT2D eigenvalue weighted by atomic mass is 16.5. The topological polar surface area (TPSA) is 35.9 Å². The van der Waals surface area contributed by atoms with Crippen molar-refractivity contribution < 1.29 is 9.84 Å². The van der Waals surface area contributed by atoms with Crippen LogP contribution in [-0.4, -0.2) is 73.0 Å². The molecule has 3 rings (SSSR count). The quantitative estimate of drug-likeness (QED) is 0.813. The number of nitrogens with zero attached hydrogens (tertiary/aromatic N) is 2. The lowest BCUT2D eigenvalue weighted by Crippen LogP contribution is -2.49. The summed E-state index contributed by atoms with van der Waals surface area (Å²) in [6.07, 6.45) is 3.90. The summed E-state index contributed by atoms with van der Waals surface area (Å²) in [5, 5.41) is 10.4. The lowest BCUT2D eigenvalue weighted by Gasteiger charge is -2.43. The second-order valence-electron chi connectivity index (χ2n) is 9.02. The standard InChI is InChI=1S/C19H36N2O2/c1-5-20-8-10-21(11-9-20)13-16(22)14-23-17-18(2,3)15-6-7-19(17,4)12-15/h15-17,22H,5-14H2,1-4H3/t15-,16+,17+,19-/m1/s1. The van der Waals surface area contributed by atoms with Gasteiger partial charge < -0.3 is 14.7 Å². The number of fused-ring (bicyclic) bond motifs is 2. The minimum Gasteiger partial charge on any atom is -0.389 e. The van der Waals surface area contributed by atoms with Gasteiger partial charge in [0, 0.05) is 32.7 Å². The van der Waals surface area contributed by atoms with Gasteiger partial charge in [-0.1, -0.05) is 27.7 Å². The first-order valence-corrected chi connectivity index (χ1v) is 9.59. The third-order valence-corrected chi connectivity index (χ3v) is 6.97. The van der Waals surface area contributed by atoms with E-state index in [1.54, 1.807) is 0 Å². The molecule has 2 bridgehead atoms. The van der Waals surface area contributed by atoms with E-state index in [2.05, 4.69) is 37.5 Å². The van der Waals surface area contributed by atoms with E-state index in [0.717, 1.165) is 45.2 Å². The van der Waals surface area contributed by atoms with Crippen LogP contribution in [0.5, 0.6) is 0 Å². The largest absolute Gasteiger partial charge is 0.389 e. The Hall–Kier alpha value is -0.160. The van der Waals surface area contributed by atoms with E-state index >= 15 is 0 Å². The van der Waals surface area contributed by atoms with Gasteiger partial charge >= 0.3 is 0 Å². The molecule has 0 aromatic carbocycles. The molecule has 1 heterocycles. The number of likely N-dealkylation sites (N-methyl/N-ethyl adjacent to an activating group) is 1. The fourth-order valence-corrected chi connectivity index (χ4v) is 5.52. The molecule has 4 atom stereocenters. The molecule has 3 aliphatic rings. The third-order valence-electron chi connectivity index (χ3n) is 6.97. The van der Waals surface area contributed by atoms with Crippen LogP contribution >= 0.6 is 0 Å². The van der Waals surface area contributed by atoms with Crippen LogP contribution in [0.1, 0.15) is 47.0 Å². The summed E-state index contributed by atoms with van der Waals surface area (Å²) in [4.78, 5) is 4.85. The van der Waals surface area contributed by atoms with Crippen LogP contribution in [0.25, 0.3) is 0 Å². The number of rotatable bonds is 6. The van der Waals surface area contributed by atoms with Crippen molar-refractivity contribution in [3.63, 3.8) is 0 Å². The number of ether oxygens (including phenoxy) is 1. The van der Waals surface area contributed by atoms with Crippen molar-refractivity contribution in [1.82, 2.24) is 9.80 Å². The van der Waals surface area contributed by atoms with Crippen molar-refractivity contribution in [3.8, 4) is 0 Å². The normalized spacial score (nSPS) is 39.0. The Morgan fingerprint density at radius 2 is 1.78 bits per heavy atom. The van der Waals surface area contributed by atoms with Gasteiger partial charge in [-0.2, -0.15) is 0 Å². The van der Waals surface area contributed by atoms with Crippen LogP contribution in [-0.2, 0) is 4.74 Å². The summed E-state index contributed by atoms with van der Waals surface area (Å²) in [7, 11) is 0. The highest BCUT2D eigenvalue weighted by Gasteiger charge is 2.60. The van der Waals surface area contributed by atoms with Gasteiger partial charge in [0.25, 0.3) is 0 Å². The predicted octanol–water partition coefficient (Wildman–Crippen LogP) is 2.22.